The average molecular weight is 345 g/mol. The Hall–Kier alpha value is -1.10. The molecule has 0 aromatic carbocycles. The first-order valence-electron chi connectivity index (χ1n) is 8.56. The molecule has 0 bridgehead atoms. The van der Waals surface area contributed by atoms with E-state index in [1.807, 2.05) is 13.8 Å². The Balaban J connectivity index is 0. The summed E-state index contributed by atoms with van der Waals surface area (Å²) in [5.74, 6) is -1.29. The molecule has 0 aromatic rings. The number of hydrogen-bond donors (Lipinski definition) is 1. The second kappa shape index (κ2) is 13.3. The average Bonchev–Trinajstić information content (AvgIpc) is 2.34. The molecule has 5 heteroatoms. The van der Waals surface area contributed by atoms with Crippen molar-refractivity contribution >= 4 is 20.7 Å². The van der Waals surface area contributed by atoms with Gasteiger partial charge in [-0.1, -0.05) is 72.0 Å². The molecule has 0 fully saturated rings. The van der Waals surface area contributed by atoms with E-state index in [-0.39, 0.29) is 0 Å². The normalized spacial score (nSPS) is 11.5. The van der Waals surface area contributed by atoms with Crippen LogP contribution in [0.3, 0.4) is 0 Å². The molecule has 0 radical (unpaired) electrons. The van der Waals surface area contributed by atoms with E-state index in [4.69, 9.17) is 9.84 Å². The lowest BCUT2D eigenvalue weighted by molar-refractivity contribution is -0.139. The third-order valence-corrected chi connectivity index (χ3v) is 8.23. The van der Waals surface area contributed by atoms with Crippen LogP contribution in [0, 0.1) is 5.92 Å². The molecule has 0 rings (SSSR count). The highest BCUT2D eigenvalue weighted by atomic mass is 28.3. The van der Waals surface area contributed by atoms with Crippen LogP contribution in [0.1, 0.15) is 61.8 Å². The molecule has 0 aromatic heterocycles. The van der Waals surface area contributed by atoms with Crippen molar-refractivity contribution in [1.29, 1.82) is 0 Å². The molecular weight excluding hydrogens is 308 g/mol. The number of esters is 1. The summed E-state index contributed by atoms with van der Waals surface area (Å²) >= 11 is 0. The first-order chi connectivity index (χ1) is 10.5. The number of carbonyl (C=O) groups is 2. The van der Waals surface area contributed by atoms with E-state index in [9.17, 15) is 9.59 Å². The SMILES string of the molecule is CC(C)CCOC(=O)/C=C\C(=O)O.CC(C)[SiH](C(C)C)C(C)C. The van der Waals surface area contributed by atoms with Gasteiger partial charge in [-0.05, 0) is 12.3 Å². The van der Waals surface area contributed by atoms with E-state index >= 15 is 0 Å². The lowest BCUT2D eigenvalue weighted by Crippen LogP contribution is -2.24. The van der Waals surface area contributed by atoms with E-state index in [2.05, 4.69) is 41.5 Å². The van der Waals surface area contributed by atoms with Gasteiger partial charge >= 0.3 is 11.9 Å². The van der Waals surface area contributed by atoms with Crippen molar-refractivity contribution in [2.75, 3.05) is 6.61 Å². The molecule has 0 atom stereocenters. The fourth-order valence-electron chi connectivity index (χ4n) is 2.89. The number of hydrogen-bond acceptors (Lipinski definition) is 3. The highest BCUT2D eigenvalue weighted by Gasteiger charge is 2.22. The zero-order valence-electron chi connectivity index (χ0n) is 16.1. The van der Waals surface area contributed by atoms with E-state index in [1.165, 1.54) is 0 Å². The monoisotopic (exact) mass is 344 g/mol. The minimum Gasteiger partial charge on any atom is -0.478 e. The molecule has 0 aliphatic carbocycles. The number of carboxylic acids is 1. The fourth-order valence-corrected chi connectivity index (χ4v) is 7.51. The predicted molar refractivity (Wildman–Crippen MR) is 99.6 cm³/mol. The van der Waals surface area contributed by atoms with Crippen molar-refractivity contribution in [2.45, 2.75) is 78.4 Å². The number of carbonyl (C=O) groups excluding carboxylic acids is 1. The molecule has 136 valence electrons. The summed E-state index contributed by atoms with van der Waals surface area (Å²) in [5, 5.41) is 8.18. The first-order valence-corrected chi connectivity index (χ1v) is 10.6. The Labute approximate surface area is 143 Å². The van der Waals surface area contributed by atoms with Gasteiger partial charge in [0.1, 0.15) is 0 Å². The molecule has 0 aliphatic rings. The number of carboxylic acid groups (broad SMARTS) is 1. The topological polar surface area (TPSA) is 63.6 Å². The maximum atomic E-state index is 10.8. The lowest BCUT2D eigenvalue weighted by atomic mass is 10.1. The zero-order chi connectivity index (χ0) is 18.6. The Morgan fingerprint density at radius 1 is 0.913 bits per heavy atom. The third-order valence-electron chi connectivity index (χ3n) is 3.61. The largest absolute Gasteiger partial charge is 0.478 e. The smallest absolute Gasteiger partial charge is 0.331 e. The van der Waals surface area contributed by atoms with Gasteiger partial charge in [0, 0.05) is 20.9 Å². The standard InChI is InChI=1S/C9H14O4.C9H22Si/c1-7(2)5-6-13-9(12)4-3-8(10)11;1-7(2)10(8(3)4)9(5)6/h3-4,7H,5-6H2,1-2H3,(H,10,11);7-10H,1-6H3/b4-3-;. The van der Waals surface area contributed by atoms with Gasteiger partial charge in [0.25, 0.3) is 0 Å². The van der Waals surface area contributed by atoms with Crippen LogP contribution in [0.15, 0.2) is 12.2 Å². The summed E-state index contributed by atoms with van der Waals surface area (Å²) < 4.78 is 4.71. The van der Waals surface area contributed by atoms with Gasteiger partial charge in [-0.15, -0.1) is 0 Å². The van der Waals surface area contributed by atoms with Crippen molar-refractivity contribution in [3.8, 4) is 0 Å². The van der Waals surface area contributed by atoms with E-state index < -0.39 is 20.7 Å². The van der Waals surface area contributed by atoms with Crippen molar-refractivity contribution in [1.82, 2.24) is 0 Å². The molecule has 0 aliphatic heterocycles. The summed E-state index contributed by atoms with van der Waals surface area (Å²) in [6.07, 6.45) is 2.45. The molecule has 0 amide bonds. The minimum absolute atomic E-state index is 0.334. The van der Waals surface area contributed by atoms with Gasteiger partial charge in [-0.2, -0.15) is 0 Å². The lowest BCUT2D eigenvalue weighted by Gasteiger charge is -2.26. The molecule has 0 saturated heterocycles. The Morgan fingerprint density at radius 3 is 1.61 bits per heavy atom. The van der Waals surface area contributed by atoms with Crippen LogP contribution in [-0.4, -0.2) is 32.4 Å². The maximum absolute atomic E-state index is 10.8. The second-order valence-corrected chi connectivity index (χ2v) is 12.5. The van der Waals surface area contributed by atoms with E-state index in [0.717, 1.165) is 35.2 Å². The quantitative estimate of drug-likeness (QED) is 0.395. The molecule has 0 spiro atoms. The van der Waals surface area contributed by atoms with Gasteiger partial charge in [0.15, 0.2) is 0 Å². The van der Waals surface area contributed by atoms with Gasteiger partial charge in [0.2, 0.25) is 0 Å². The number of aliphatic carboxylic acids is 1. The summed E-state index contributed by atoms with van der Waals surface area (Å²) in [7, 11) is -0.454. The maximum Gasteiger partial charge on any atom is 0.331 e. The summed E-state index contributed by atoms with van der Waals surface area (Å²) in [5.41, 5.74) is 2.92. The van der Waals surface area contributed by atoms with Crippen LogP contribution in [0.5, 0.6) is 0 Å². The molecule has 0 unspecified atom stereocenters. The van der Waals surface area contributed by atoms with E-state index in [1.54, 1.807) is 0 Å². The Morgan fingerprint density at radius 2 is 1.35 bits per heavy atom. The van der Waals surface area contributed by atoms with Gasteiger partial charge in [-0.25, -0.2) is 9.59 Å². The molecule has 0 heterocycles. The molecule has 1 N–H and O–H groups in total. The predicted octanol–water partition coefficient (Wildman–Crippen LogP) is 4.66. The van der Waals surface area contributed by atoms with Gasteiger partial charge in [0.05, 0.1) is 6.61 Å². The van der Waals surface area contributed by atoms with Crippen molar-refractivity contribution in [3.63, 3.8) is 0 Å². The van der Waals surface area contributed by atoms with Crippen LogP contribution >= 0.6 is 0 Å². The first kappa shape index (κ1) is 24.2. The van der Waals surface area contributed by atoms with E-state index in [0.29, 0.717) is 12.5 Å². The van der Waals surface area contributed by atoms with Crippen LogP contribution < -0.4 is 0 Å². The summed E-state index contributed by atoms with van der Waals surface area (Å²) in [6, 6.07) is 0. The third kappa shape index (κ3) is 15.6. The second-order valence-electron chi connectivity index (χ2n) is 7.33. The minimum atomic E-state index is -1.15. The molecule has 4 nitrogen and oxygen atoms in total. The Kier molecular flexibility index (Phi) is 14.0. The molecular formula is C18H36O4Si. The molecule has 0 saturated carbocycles. The zero-order valence-corrected chi connectivity index (χ0v) is 17.3. The number of ether oxygens (including phenoxy) is 1. The van der Waals surface area contributed by atoms with Crippen molar-refractivity contribution in [3.05, 3.63) is 12.2 Å². The highest BCUT2D eigenvalue weighted by molar-refractivity contribution is 6.63. The fraction of sp³-hybridized carbons (Fsp3) is 0.778. The van der Waals surface area contributed by atoms with Crippen molar-refractivity contribution < 1.29 is 19.4 Å². The van der Waals surface area contributed by atoms with Crippen LogP contribution in [0.2, 0.25) is 16.6 Å². The van der Waals surface area contributed by atoms with Crippen LogP contribution in [0.25, 0.3) is 0 Å². The van der Waals surface area contributed by atoms with Gasteiger partial charge in [-0.3, -0.25) is 0 Å². The van der Waals surface area contributed by atoms with Crippen molar-refractivity contribution in [2.24, 2.45) is 5.92 Å². The summed E-state index contributed by atoms with van der Waals surface area (Å²) in [6.45, 7) is 18.7. The highest BCUT2D eigenvalue weighted by Crippen LogP contribution is 2.28. The van der Waals surface area contributed by atoms with Gasteiger partial charge < -0.3 is 9.84 Å². The van der Waals surface area contributed by atoms with Crippen LogP contribution in [-0.2, 0) is 14.3 Å². The molecule has 23 heavy (non-hydrogen) atoms. The Bertz CT molecular complexity index is 341. The summed E-state index contributed by atoms with van der Waals surface area (Å²) in [4.78, 5) is 20.7. The number of rotatable bonds is 8. The van der Waals surface area contributed by atoms with Crippen LogP contribution in [0.4, 0.5) is 0 Å².